The maximum absolute atomic E-state index is 11.7. The zero-order valence-corrected chi connectivity index (χ0v) is 25.7. The first-order chi connectivity index (χ1) is 20.3. The number of ether oxygens (including phenoxy) is 1. The first-order valence-electron chi connectivity index (χ1n) is 14.8. The zero-order valence-electron chi connectivity index (χ0n) is 25.7. The van der Waals surface area contributed by atoms with Crippen LogP contribution in [-0.2, 0) is 20.8 Å². The predicted molar refractivity (Wildman–Crippen MR) is 165 cm³/mol. The van der Waals surface area contributed by atoms with Gasteiger partial charge in [0.1, 0.15) is 17.9 Å². The summed E-state index contributed by atoms with van der Waals surface area (Å²) in [6.07, 6.45) is 9.75. The number of H-pyrrole nitrogens is 1. The number of imidazole rings is 1. The third kappa shape index (κ3) is 8.45. The number of Topliss-reactive ketones (excluding diaryl/α,β-unsaturated/α-hetero) is 1. The van der Waals surface area contributed by atoms with Gasteiger partial charge in [0.2, 0.25) is 11.8 Å². The van der Waals surface area contributed by atoms with Crippen molar-refractivity contribution in [3.8, 4) is 17.1 Å². The number of likely N-dealkylation sites (tertiary alicyclic amines) is 1. The van der Waals surface area contributed by atoms with Gasteiger partial charge in [0.25, 0.3) is 0 Å². The van der Waals surface area contributed by atoms with E-state index in [0.29, 0.717) is 24.5 Å². The Kier molecular flexibility index (Phi) is 12.6. The molecule has 10 heteroatoms. The number of amides is 1. The third-order valence-electron chi connectivity index (χ3n) is 7.88. The number of unbranched alkanes of at least 4 members (excludes halogenated alkanes) is 3. The lowest BCUT2D eigenvalue weighted by molar-refractivity contribution is -0.132. The van der Waals surface area contributed by atoms with Crippen LogP contribution in [0.2, 0.25) is 0 Å². The summed E-state index contributed by atoms with van der Waals surface area (Å²) < 4.78 is 5.48. The smallest absolute Gasteiger partial charge is 0.237 e. The molecule has 0 aliphatic carbocycles. The van der Waals surface area contributed by atoms with Crippen LogP contribution in [0.1, 0.15) is 57.7 Å². The number of methoxy groups -OCH3 is 1. The van der Waals surface area contributed by atoms with Crippen molar-refractivity contribution in [2.75, 3.05) is 41.3 Å². The monoisotopic (exact) mass is 578 g/mol. The number of likely N-dealkylation sites (N-methyl/N-ethyl adjacent to an activating group) is 2. The number of benzene rings is 1. The zero-order chi connectivity index (χ0) is 30.5. The van der Waals surface area contributed by atoms with Crippen molar-refractivity contribution in [2.45, 2.75) is 64.3 Å². The molecule has 0 saturated carbocycles. The molecule has 2 aromatic heterocycles. The van der Waals surface area contributed by atoms with Crippen molar-refractivity contribution in [3.63, 3.8) is 0 Å². The molecule has 1 fully saturated rings. The van der Waals surface area contributed by atoms with Crippen molar-refractivity contribution in [3.05, 3.63) is 42.4 Å². The predicted octanol–water partition coefficient (Wildman–Crippen LogP) is 3.95. The van der Waals surface area contributed by atoms with Gasteiger partial charge in [-0.25, -0.2) is 9.97 Å². The maximum Gasteiger partial charge on any atom is 0.237 e. The number of nitrogens with zero attached hydrogens (tertiary/aromatic N) is 3. The van der Waals surface area contributed by atoms with Crippen LogP contribution in [0.4, 0.5) is 0 Å². The molecule has 1 aromatic carbocycles. The molecule has 228 valence electrons. The molecule has 1 amide bonds. The van der Waals surface area contributed by atoms with Crippen molar-refractivity contribution >= 4 is 28.9 Å². The van der Waals surface area contributed by atoms with E-state index < -0.39 is 0 Å². The number of carbonyl (C=O) groups excluding carboxylic acids is 3. The first-order valence-corrected chi connectivity index (χ1v) is 14.8. The first kappa shape index (κ1) is 32.9. The molecule has 0 bridgehead atoms. The fraction of sp³-hybridized carbons (Fsp3) is 0.531. The van der Waals surface area contributed by atoms with Gasteiger partial charge in [-0.15, -0.1) is 0 Å². The lowest BCUT2D eigenvalue weighted by atomic mass is 9.71. The second-order valence-corrected chi connectivity index (χ2v) is 11.0. The standard InChI is InChI=1S/C22H27N3O2.C10H19N3O2/c1-3-17(26)11-6-4-5-7-13-21-23-15-20(24-21)18-14-16-10-8-9-12-19(16)25-22(18)27-2;1-11-8(9(15)12-2)10(4-5-14)6-13(3)7-10/h8-10,12,14-15H,3-7,11,13H2,1-2H3,(H,23,24);5,8,11H,4,6-7H2,1-3H3,(H,12,15). The minimum Gasteiger partial charge on any atom is -0.480 e. The molecule has 1 aliphatic rings. The van der Waals surface area contributed by atoms with Gasteiger partial charge in [0.15, 0.2) is 0 Å². The SMILES string of the molecule is CCC(=O)CCCCCCc1ncc(-c2cc3ccccc3nc2OC)[nH]1.CNC(=O)C(NC)C1(CC=O)CN(C)C1. The van der Waals surface area contributed by atoms with Crippen LogP contribution in [0.5, 0.6) is 5.88 Å². The number of aldehydes is 1. The van der Waals surface area contributed by atoms with Gasteiger partial charge in [0, 0.05) is 56.6 Å². The lowest BCUT2D eigenvalue weighted by Gasteiger charge is -2.51. The summed E-state index contributed by atoms with van der Waals surface area (Å²) in [7, 11) is 7.00. The Labute approximate surface area is 249 Å². The molecular formula is C32H46N6O4. The van der Waals surface area contributed by atoms with Gasteiger partial charge in [-0.1, -0.05) is 38.0 Å². The largest absolute Gasteiger partial charge is 0.480 e. The van der Waals surface area contributed by atoms with Gasteiger partial charge in [-0.3, -0.25) is 9.59 Å². The average molecular weight is 579 g/mol. The van der Waals surface area contributed by atoms with E-state index in [1.807, 2.05) is 44.4 Å². The minimum atomic E-state index is -0.288. The van der Waals surface area contributed by atoms with Crippen molar-refractivity contribution in [1.29, 1.82) is 0 Å². The highest BCUT2D eigenvalue weighted by Gasteiger charge is 2.49. The Hall–Kier alpha value is -3.63. The van der Waals surface area contributed by atoms with Crippen LogP contribution in [0.25, 0.3) is 22.2 Å². The van der Waals surface area contributed by atoms with Crippen LogP contribution in [-0.4, -0.2) is 85.2 Å². The van der Waals surface area contributed by atoms with E-state index in [4.69, 9.17) is 4.74 Å². The molecule has 42 heavy (non-hydrogen) atoms. The Morgan fingerprint density at radius 2 is 1.90 bits per heavy atom. The minimum absolute atomic E-state index is 0.0487. The summed E-state index contributed by atoms with van der Waals surface area (Å²) in [5, 5.41) is 6.71. The number of nitrogens with one attached hydrogen (secondary N) is 3. The summed E-state index contributed by atoms with van der Waals surface area (Å²) in [6, 6.07) is 9.81. The molecule has 4 rings (SSSR count). The van der Waals surface area contributed by atoms with E-state index in [2.05, 4.69) is 36.6 Å². The van der Waals surface area contributed by atoms with E-state index in [1.54, 1.807) is 21.2 Å². The topological polar surface area (TPSA) is 129 Å². The fourth-order valence-corrected chi connectivity index (χ4v) is 5.70. The Balaban J connectivity index is 0.000000274. The summed E-state index contributed by atoms with van der Waals surface area (Å²) in [6.45, 7) is 3.49. The summed E-state index contributed by atoms with van der Waals surface area (Å²) in [5.74, 6) is 1.89. The van der Waals surface area contributed by atoms with Crippen molar-refractivity contribution < 1.29 is 19.1 Å². The summed E-state index contributed by atoms with van der Waals surface area (Å²) in [4.78, 5) is 48.3. The number of aromatic amines is 1. The molecule has 3 aromatic rings. The number of hydrogen-bond acceptors (Lipinski definition) is 8. The maximum atomic E-state index is 11.7. The number of hydrogen-bond donors (Lipinski definition) is 3. The molecule has 10 nitrogen and oxygen atoms in total. The number of aromatic nitrogens is 3. The molecule has 1 atom stereocenters. The Bertz CT molecular complexity index is 1320. The quantitative estimate of drug-likeness (QED) is 0.183. The highest BCUT2D eigenvalue weighted by molar-refractivity contribution is 5.85. The number of rotatable bonds is 15. The van der Waals surface area contributed by atoms with E-state index >= 15 is 0 Å². The van der Waals surface area contributed by atoms with Gasteiger partial charge < -0.3 is 30.0 Å². The van der Waals surface area contributed by atoms with Crippen LogP contribution in [0.15, 0.2) is 36.5 Å². The molecule has 1 aliphatic heterocycles. The van der Waals surface area contributed by atoms with Crippen LogP contribution < -0.4 is 15.4 Å². The van der Waals surface area contributed by atoms with E-state index in [9.17, 15) is 14.4 Å². The summed E-state index contributed by atoms with van der Waals surface area (Å²) >= 11 is 0. The van der Waals surface area contributed by atoms with E-state index in [-0.39, 0.29) is 17.4 Å². The second kappa shape index (κ2) is 16.1. The highest BCUT2D eigenvalue weighted by atomic mass is 16.5. The van der Waals surface area contributed by atoms with Crippen molar-refractivity contribution in [1.82, 2.24) is 30.5 Å². The fourth-order valence-electron chi connectivity index (χ4n) is 5.70. The second-order valence-electron chi connectivity index (χ2n) is 11.0. The van der Waals surface area contributed by atoms with Gasteiger partial charge in [0.05, 0.1) is 36.1 Å². The normalized spacial score (nSPS) is 14.8. The summed E-state index contributed by atoms with van der Waals surface area (Å²) in [5.41, 5.74) is 2.53. The number of fused-ring (bicyclic) bond motifs is 1. The molecule has 3 N–H and O–H groups in total. The third-order valence-corrected chi connectivity index (χ3v) is 7.88. The van der Waals surface area contributed by atoms with Crippen LogP contribution in [0.3, 0.4) is 0 Å². The van der Waals surface area contributed by atoms with E-state index in [0.717, 1.165) is 85.9 Å². The number of pyridine rings is 1. The molecule has 1 unspecified atom stereocenters. The van der Waals surface area contributed by atoms with Gasteiger partial charge >= 0.3 is 0 Å². The van der Waals surface area contributed by atoms with Crippen molar-refractivity contribution in [2.24, 2.45) is 5.41 Å². The van der Waals surface area contributed by atoms with E-state index in [1.165, 1.54) is 0 Å². The number of ketones is 1. The highest BCUT2D eigenvalue weighted by Crippen LogP contribution is 2.36. The number of aryl methyl sites for hydroxylation is 1. The van der Waals surface area contributed by atoms with Gasteiger partial charge in [-0.2, -0.15) is 0 Å². The lowest BCUT2D eigenvalue weighted by Crippen LogP contribution is -2.67. The molecule has 0 spiro atoms. The number of para-hydroxylation sites is 1. The average Bonchev–Trinajstić information content (AvgIpc) is 3.46. The van der Waals surface area contributed by atoms with Crippen LogP contribution in [0, 0.1) is 5.41 Å². The number of carbonyl (C=O) groups is 3. The molecule has 1 saturated heterocycles. The van der Waals surface area contributed by atoms with Crippen LogP contribution >= 0.6 is 0 Å². The van der Waals surface area contributed by atoms with Gasteiger partial charge in [-0.05, 0) is 39.1 Å². The molecular weight excluding hydrogens is 532 g/mol. The Morgan fingerprint density at radius 1 is 1.17 bits per heavy atom. The Morgan fingerprint density at radius 3 is 2.55 bits per heavy atom. The molecule has 0 radical (unpaired) electrons. The molecule has 3 heterocycles.